The predicted molar refractivity (Wildman–Crippen MR) is 72.8 cm³/mol. The first kappa shape index (κ1) is 15.2. The maximum atomic E-state index is 13.9. The van der Waals surface area contributed by atoms with Crippen LogP contribution in [0.2, 0.25) is 0 Å². The number of anilines is 1. The highest BCUT2D eigenvalue weighted by atomic mass is 19.1. The molecule has 19 heavy (non-hydrogen) atoms. The van der Waals surface area contributed by atoms with Crippen LogP contribution in [0.15, 0.2) is 24.3 Å². The van der Waals surface area contributed by atoms with Crippen LogP contribution >= 0.6 is 0 Å². The highest BCUT2D eigenvalue weighted by Crippen LogP contribution is 2.20. The van der Waals surface area contributed by atoms with Gasteiger partial charge in [-0.2, -0.15) is 0 Å². The number of carboxylic acid groups (broad SMARTS) is 1. The smallest absolute Gasteiger partial charge is 0.328 e. The molecule has 0 amide bonds. The minimum absolute atomic E-state index is 0.368. The van der Waals surface area contributed by atoms with Crippen molar-refractivity contribution in [1.29, 1.82) is 0 Å². The third-order valence-electron chi connectivity index (χ3n) is 2.64. The average Bonchev–Trinajstić information content (AvgIpc) is 2.36. The van der Waals surface area contributed by atoms with E-state index < -0.39 is 5.97 Å². The van der Waals surface area contributed by atoms with E-state index in [2.05, 4.69) is 0 Å². The summed E-state index contributed by atoms with van der Waals surface area (Å²) in [7, 11) is 3.44. The van der Waals surface area contributed by atoms with Crippen LogP contribution in [0.5, 0.6) is 0 Å². The third-order valence-corrected chi connectivity index (χ3v) is 2.64. The van der Waals surface area contributed by atoms with Gasteiger partial charge in [-0.1, -0.05) is 6.07 Å². The SMILES string of the molecule is COCCCN(C)c1ccc(/C=C/C(=O)O)cc1F. The Kier molecular flexibility index (Phi) is 6.02. The van der Waals surface area contributed by atoms with Crippen molar-refractivity contribution in [1.82, 2.24) is 0 Å². The molecule has 0 radical (unpaired) electrons. The molecule has 0 saturated carbocycles. The van der Waals surface area contributed by atoms with Crippen molar-refractivity contribution in [2.75, 3.05) is 32.2 Å². The van der Waals surface area contributed by atoms with Gasteiger partial charge < -0.3 is 14.7 Å². The van der Waals surface area contributed by atoms with Crippen molar-refractivity contribution < 1.29 is 19.0 Å². The Labute approximate surface area is 112 Å². The van der Waals surface area contributed by atoms with Crippen LogP contribution in [0.1, 0.15) is 12.0 Å². The van der Waals surface area contributed by atoms with E-state index in [1.54, 1.807) is 31.2 Å². The van der Waals surface area contributed by atoms with Gasteiger partial charge in [-0.3, -0.25) is 0 Å². The van der Waals surface area contributed by atoms with E-state index in [0.29, 0.717) is 24.4 Å². The van der Waals surface area contributed by atoms with Crippen LogP contribution < -0.4 is 4.90 Å². The molecule has 1 aromatic carbocycles. The number of aliphatic carboxylic acids is 1. The predicted octanol–water partition coefficient (Wildman–Crippen LogP) is 2.40. The lowest BCUT2D eigenvalue weighted by Crippen LogP contribution is -2.20. The molecule has 0 atom stereocenters. The van der Waals surface area contributed by atoms with Crippen molar-refractivity contribution in [3.8, 4) is 0 Å². The lowest BCUT2D eigenvalue weighted by Gasteiger charge is -2.19. The second kappa shape index (κ2) is 7.53. The van der Waals surface area contributed by atoms with Gasteiger partial charge in [0.05, 0.1) is 5.69 Å². The van der Waals surface area contributed by atoms with Gasteiger partial charge >= 0.3 is 5.97 Å². The Morgan fingerprint density at radius 3 is 2.84 bits per heavy atom. The Hall–Kier alpha value is -1.88. The molecule has 1 aromatic rings. The summed E-state index contributed by atoms with van der Waals surface area (Å²) in [6.45, 7) is 1.32. The van der Waals surface area contributed by atoms with Crippen molar-refractivity contribution >= 4 is 17.7 Å². The highest BCUT2D eigenvalue weighted by molar-refractivity contribution is 5.85. The van der Waals surface area contributed by atoms with E-state index in [1.807, 2.05) is 0 Å². The minimum Gasteiger partial charge on any atom is -0.478 e. The molecule has 0 aliphatic carbocycles. The summed E-state index contributed by atoms with van der Waals surface area (Å²) in [5, 5.41) is 8.51. The molecule has 0 aliphatic rings. The first-order valence-corrected chi connectivity index (χ1v) is 5.95. The third kappa shape index (κ3) is 5.09. The van der Waals surface area contributed by atoms with Gasteiger partial charge in [0.2, 0.25) is 0 Å². The maximum Gasteiger partial charge on any atom is 0.328 e. The van der Waals surface area contributed by atoms with Crippen molar-refractivity contribution in [3.05, 3.63) is 35.7 Å². The molecule has 0 unspecified atom stereocenters. The molecule has 0 fully saturated rings. The Morgan fingerprint density at radius 2 is 2.26 bits per heavy atom. The van der Waals surface area contributed by atoms with E-state index in [1.165, 1.54) is 12.1 Å². The Morgan fingerprint density at radius 1 is 1.53 bits per heavy atom. The van der Waals surface area contributed by atoms with Gasteiger partial charge in [0.1, 0.15) is 5.82 Å². The molecular formula is C14H18FNO3. The van der Waals surface area contributed by atoms with Crippen LogP contribution in [0.4, 0.5) is 10.1 Å². The summed E-state index contributed by atoms with van der Waals surface area (Å²) in [4.78, 5) is 12.2. The molecular weight excluding hydrogens is 249 g/mol. The molecule has 0 aromatic heterocycles. The van der Waals surface area contributed by atoms with Gasteiger partial charge in [0, 0.05) is 33.4 Å². The number of carboxylic acids is 1. The fourth-order valence-electron chi connectivity index (χ4n) is 1.67. The molecule has 0 heterocycles. The van der Waals surface area contributed by atoms with Crippen LogP contribution in [0.25, 0.3) is 6.08 Å². The summed E-state index contributed by atoms with van der Waals surface area (Å²) in [6, 6.07) is 4.65. The molecule has 1 rings (SSSR count). The second-order valence-electron chi connectivity index (χ2n) is 4.15. The summed E-state index contributed by atoms with van der Waals surface area (Å²) < 4.78 is 18.8. The minimum atomic E-state index is -1.05. The van der Waals surface area contributed by atoms with E-state index in [9.17, 15) is 9.18 Å². The van der Waals surface area contributed by atoms with Crippen LogP contribution in [-0.2, 0) is 9.53 Å². The van der Waals surface area contributed by atoms with Crippen molar-refractivity contribution in [2.24, 2.45) is 0 Å². The van der Waals surface area contributed by atoms with Crippen LogP contribution in [0, 0.1) is 5.82 Å². The molecule has 4 nitrogen and oxygen atoms in total. The van der Waals surface area contributed by atoms with E-state index >= 15 is 0 Å². The van der Waals surface area contributed by atoms with Gasteiger partial charge in [0.15, 0.2) is 0 Å². The second-order valence-corrected chi connectivity index (χ2v) is 4.15. The van der Waals surface area contributed by atoms with E-state index in [4.69, 9.17) is 9.84 Å². The number of nitrogens with zero attached hydrogens (tertiary/aromatic N) is 1. The fourth-order valence-corrected chi connectivity index (χ4v) is 1.67. The van der Waals surface area contributed by atoms with Crippen LogP contribution in [0.3, 0.4) is 0 Å². The largest absolute Gasteiger partial charge is 0.478 e. The lowest BCUT2D eigenvalue weighted by atomic mass is 10.1. The topological polar surface area (TPSA) is 49.8 Å². The monoisotopic (exact) mass is 267 g/mol. The zero-order chi connectivity index (χ0) is 14.3. The molecule has 0 spiro atoms. The molecule has 5 heteroatoms. The molecule has 0 bridgehead atoms. The fraction of sp³-hybridized carbons (Fsp3) is 0.357. The lowest BCUT2D eigenvalue weighted by molar-refractivity contribution is -0.131. The summed E-state index contributed by atoms with van der Waals surface area (Å²) in [5.41, 5.74) is 1.01. The number of methoxy groups -OCH3 is 1. The summed E-state index contributed by atoms with van der Waals surface area (Å²) in [5.74, 6) is -1.42. The number of halogens is 1. The summed E-state index contributed by atoms with van der Waals surface area (Å²) >= 11 is 0. The molecule has 0 aliphatic heterocycles. The number of rotatable bonds is 7. The standard InChI is InChI=1S/C14H18FNO3/c1-16(8-3-9-19-2)13-6-4-11(10-12(13)15)5-7-14(17)18/h4-7,10H,3,8-9H2,1-2H3,(H,17,18)/b7-5+. The number of hydrogen-bond acceptors (Lipinski definition) is 3. The Balaban J connectivity index is 2.73. The quantitative estimate of drug-likeness (QED) is 0.609. The van der Waals surface area contributed by atoms with Crippen molar-refractivity contribution in [3.63, 3.8) is 0 Å². The van der Waals surface area contributed by atoms with Gasteiger partial charge in [-0.15, -0.1) is 0 Å². The van der Waals surface area contributed by atoms with Gasteiger partial charge in [0.25, 0.3) is 0 Å². The van der Waals surface area contributed by atoms with Gasteiger partial charge in [-0.05, 0) is 30.2 Å². The number of carbonyl (C=O) groups is 1. The zero-order valence-electron chi connectivity index (χ0n) is 11.1. The first-order chi connectivity index (χ1) is 9.04. The van der Waals surface area contributed by atoms with E-state index in [-0.39, 0.29) is 5.82 Å². The zero-order valence-corrected chi connectivity index (χ0v) is 11.1. The number of ether oxygens (including phenoxy) is 1. The molecule has 0 saturated heterocycles. The first-order valence-electron chi connectivity index (χ1n) is 5.95. The van der Waals surface area contributed by atoms with Crippen molar-refractivity contribution in [2.45, 2.75) is 6.42 Å². The summed E-state index contributed by atoms with van der Waals surface area (Å²) in [6.07, 6.45) is 3.16. The number of benzene rings is 1. The average molecular weight is 267 g/mol. The van der Waals surface area contributed by atoms with E-state index in [0.717, 1.165) is 12.5 Å². The normalized spacial score (nSPS) is 10.9. The highest BCUT2D eigenvalue weighted by Gasteiger charge is 2.07. The Bertz CT molecular complexity index is 460. The maximum absolute atomic E-state index is 13.9. The van der Waals surface area contributed by atoms with Gasteiger partial charge in [-0.25, -0.2) is 9.18 Å². The molecule has 104 valence electrons. The van der Waals surface area contributed by atoms with Crippen LogP contribution in [-0.4, -0.2) is 38.4 Å². The molecule has 1 N–H and O–H groups in total. The number of hydrogen-bond donors (Lipinski definition) is 1.